The Morgan fingerprint density at radius 1 is 1.31 bits per heavy atom. The summed E-state index contributed by atoms with van der Waals surface area (Å²) in [4.78, 5) is 10.8. The van der Waals surface area contributed by atoms with Crippen LogP contribution in [0.15, 0.2) is 12.2 Å². The van der Waals surface area contributed by atoms with Gasteiger partial charge in [-0.15, -0.1) is 0 Å². The highest BCUT2D eigenvalue weighted by Crippen LogP contribution is 1.94. The third-order valence-electron chi connectivity index (χ3n) is 1.76. The number of unbranched alkanes of at least 4 members (excludes halogenated alkanes) is 2. The van der Waals surface area contributed by atoms with Crippen molar-refractivity contribution in [1.82, 2.24) is 0 Å². The van der Waals surface area contributed by atoms with E-state index < -0.39 is 0 Å². The minimum Gasteiger partial charge on any atom is -0.377 e. The molecule has 0 spiro atoms. The molecule has 0 amide bonds. The molecule has 0 aliphatic rings. The van der Waals surface area contributed by atoms with Gasteiger partial charge in [-0.2, -0.15) is 0 Å². The van der Waals surface area contributed by atoms with Crippen molar-refractivity contribution in [3.8, 4) is 0 Å². The molecule has 0 aliphatic carbocycles. The molecule has 2 nitrogen and oxygen atoms in total. The quantitative estimate of drug-likeness (QED) is 0.428. The topological polar surface area (TPSA) is 26.3 Å². The first kappa shape index (κ1) is 12.4. The molecule has 0 atom stereocenters. The van der Waals surface area contributed by atoms with Gasteiger partial charge in [0.2, 0.25) is 0 Å². The van der Waals surface area contributed by atoms with Gasteiger partial charge < -0.3 is 4.74 Å². The van der Waals surface area contributed by atoms with Crippen LogP contribution in [0.5, 0.6) is 0 Å². The fourth-order valence-corrected chi connectivity index (χ4v) is 0.903. The molecule has 0 rings (SSSR count). The molecule has 0 bridgehead atoms. The Balaban J connectivity index is 3.15. The van der Waals surface area contributed by atoms with E-state index in [-0.39, 0.29) is 5.78 Å². The Morgan fingerprint density at radius 2 is 2.08 bits per heavy atom. The first-order valence-corrected chi connectivity index (χ1v) is 5.08. The Hall–Kier alpha value is -0.630. The molecular weight excluding hydrogens is 164 g/mol. The molecule has 13 heavy (non-hydrogen) atoms. The lowest BCUT2D eigenvalue weighted by Crippen LogP contribution is -1.95. The largest absolute Gasteiger partial charge is 0.377 e. The van der Waals surface area contributed by atoms with Gasteiger partial charge in [0.1, 0.15) is 0 Å². The summed E-state index contributed by atoms with van der Waals surface area (Å²) >= 11 is 0. The smallest absolute Gasteiger partial charge is 0.155 e. The lowest BCUT2D eigenvalue weighted by Gasteiger charge is -1.98. The fourth-order valence-electron chi connectivity index (χ4n) is 0.903. The minimum absolute atomic E-state index is 0.164. The zero-order valence-corrected chi connectivity index (χ0v) is 8.71. The van der Waals surface area contributed by atoms with Crippen molar-refractivity contribution in [2.45, 2.75) is 39.5 Å². The molecule has 0 N–H and O–H groups in total. The number of hydrogen-bond donors (Lipinski definition) is 0. The molecule has 0 saturated heterocycles. The lowest BCUT2D eigenvalue weighted by atomic mass is 10.3. The van der Waals surface area contributed by atoms with Gasteiger partial charge in [0.05, 0.1) is 6.61 Å². The standard InChI is InChI=1S/C11H20O2/c1-3-5-6-9-13-10-7-8-11(12)4-2/h7-8H,3-6,9-10H2,1-2H3. The summed E-state index contributed by atoms with van der Waals surface area (Å²) in [5.74, 6) is 0.164. The highest BCUT2D eigenvalue weighted by molar-refractivity contribution is 5.89. The Labute approximate surface area is 81.0 Å². The van der Waals surface area contributed by atoms with E-state index in [1.807, 2.05) is 6.92 Å². The molecule has 0 radical (unpaired) electrons. The molecule has 0 aliphatic heterocycles. The first-order valence-electron chi connectivity index (χ1n) is 5.08. The summed E-state index contributed by atoms with van der Waals surface area (Å²) < 4.78 is 5.29. The Kier molecular flexibility index (Phi) is 9.00. The molecule has 0 aromatic carbocycles. The van der Waals surface area contributed by atoms with E-state index in [2.05, 4.69) is 6.92 Å². The highest BCUT2D eigenvalue weighted by Gasteiger charge is 1.89. The summed E-state index contributed by atoms with van der Waals surface area (Å²) in [7, 11) is 0. The normalized spacial score (nSPS) is 10.9. The summed E-state index contributed by atoms with van der Waals surface area (Å²) in [6, 6.07) is 0. The molecule has 0 saturated carbocycles. The maximum Gasteiger partial charge on any atom is 0.155 e. The number of rotatable bonds is 8. The number of ether oxygens (including phenoxy) is 1. The zero-order chi connectivity index (χ0) is 9.94. The van der Waals surface area contributed by atoms with E-state index >= 15 is 0 Å². The average molecular weight is 184 g/mol. The van der Waals surface area contributed by atoms with E-state index in [4.69, 9.17) is 4.74 Å². The van der Waals surface area contributed by atoms with Crippen LogP contribution in [0.2, 0.25) is 0 Å². The second kappa shape index (κ2) is 9.46. The summed E-state index contributed by atoms with van der Waals surface area (Å²) in [6.45, 7) is 5.39. The molecular formula is C11H20O2. The minimum atomic E-state index is 0.164. The molecule has 0 fully saturated rings. The molecule has 76 valence electrons. The van der Waals surface area contributed by atoms with E-state index in [1.165, 1.54) is 12.8 Å². The monoisotopic (exact) mass is 184 g/mol. The number of hydrogen-bond acceptors (Lipinski definition) is 2. The van der Waals surface area contributed by atoms with Gasteiger partial charge in [0.25, 0.3) is 0 Å². The SMILES string of the molecule is CCCCCOCC=CC(=O)CC. The predicted molar refractivity (Wildman–Crippen MR) is 54.8 cm³/mol. The van der Waals surface area contributed by atoms with Crippen LogP contribution in [-0.4, -0.2) is 19.0 Å². The van der Waals surface area contributed by atoms with Crippen LogP contribution in [0, 0.1) is 0 Å². The fraction of sp³-hybridized carbons (Fsp3) is 0.727. The third-order valence-corrected chi connectivity index (χ3v) is 1.76. The molecule has 2 heteroatoms. The molecule has 0 unspecified atom stereocenters. The van der Waals surface area contributed by atoms with Crippen LogP contribution in [0.1, 0.15) is 39.5 Å². The maximum absolute atomic E-state index is 10.8. The molecule has 0 heterocycles. The van der Waals surface area contributed by atoms with Gasteiger partial charge in [-0.05, 0) is 12.5 Å². The summed E-state index contributed by atoms with van der Waals surface area (Å²) in [5, 5.41) is 0. The van der Waals surface area contributed by atoms with E-state index in [1.54, 1.807) is 12.2 Å². The second-order valence-corrected chi connectivity index (χ2v) is 3.00. The lowest BCUT2D eigenvalue weighted by molar-refractivity contribution is -0.114. The van der Waals surface area contributed by atoms with Crippen LogP contribution in [0.25, 0.3) is 0 Å². The van der Waals surface area contributed by atoms with Gasteiger partial charge in [0, 0.05) is 13.0 Å². The zero-order valence-electron chi connectivity index (χ0n) is 8.71. The number of allylic oxidation sites excluding steroid dienone is 1. The first-order chi connectivity index (χ1) is 6.31. The van der Waals surface area contributed by atoms with Gasteiger partial charge in [0.15, 0.2) is 5.78 Å². The van der Waals surface area contributed by atoms with Crippen molar-refractivity contribution < 1.29 is 9.53 Å². The molecule has 0 aromatic rings. The van der Waals surface area contributed by atoms with Crippen molar-refractivity contribution >= 4 is 5.78 Å². The predicted octanol–water partition coefficient (Wildman–Crippen LogP) is 2.73. The van der Waals surface area contributed by atoms with Crippen molar-refractivity contribution in [2.75, 3.05) is 13.2 Å². The number of carbonyl (C=O) groups is 1. The Morgan fingerprint density at radius 3 is 2.69 bits per heavy atom. The van der Waals surface area contributed by atoms with E-state index in [0.717, 1.165) is 13.0 Å². The molecule has 0 aromatic heterocycles. The van der Waals surface area contributed by atoms with E-state index in [0.29, 0.717) is 13.0 Å². The van der Waals surface area contributed by atoms with Crippen LogP contribution >= 0.6 is 0 Å². The van der Waals surface area contributed by atoms with Crippen LogP contribution in [0.3, 0.4) is 0 Å². The third kappa shape index (κ3) is 9.28. The van der Waals surface area contributed by atoms with Gasteiger partial charge in [-0.3, -0.25) is 4.79 Å². The second-order valence-electron chi connectivity index (χ2n) is 3.00. The number of carbonyl (C=O) groups excluding carboxylic acids is 1. The summed E-state index contributed by atoms with van der Waals surface area (Å²) in [5.41, 5.74) is 0. The Bertz CT molecular complexity index is 150. The maximum atomic E-state index is 10.8. The van der Waals surface area contributed by atoms with Crippen LogP contribution in [-0.2, 0) is 9.53 Å². The van der Waals surface area contributed by atoms with Gasteiger partial charge in [-0.1, -0.05) is 32.8 Å². The van der Waals surface area contributed by atoms with Crippen LogP contribution in [0.4, 0.5) is 0 Å². The van der Waals surface area contributed by atoms with E-state index in [9.17, 15) is 4.79 Å². The van der Waals surface area contributed by atoms with Crippen molar-refractivity contribution in [2.24, 2.45) is 0 Å². The van der Waals surface area contributed by atoms with Gasteiger partial charge in [-0.25, -0.2) is 0 Å². The van der Waals surface area contributed by atoms with Crippen LogP contribution < -0.4 is 0 Å². The van der Waals surface area contributed by atoms with Gasteiger partial charge >= 0.3 is 0 Å². The highest BCUT2D eigenvalue weighted by atomic mass is 16.5. The van der Waals surface area contributed by atoms with Crippen molar-refractivity contribution in [1.29, 1.82) is 0 Å². The van der Waals surface area contributed by atoms with Crippen molar-refractivity contribution in [3.05, 3.63) is 12.2 Å². The number of ketones is 1. The summed E-state index contributed by atoms with van der Waals surface area (Å²) in [6.07, 6.45) is 7.52. The average Bonchev–Trinajstić information content (AvgIpc) is 2.16. The van der Waals surface area contributed by atoms with Crippen molar-refractivity contribution in [3.63, 3.8) is 0 Å².